The van der Waals surface area contributed by atoms with Gasteiger partial charge in [-0.2, -0.15) is 0 Å². The number of hydrogen-bond acceptors (Lipinski definition) is 6. The zero-order valence-electron chi connectivity index (χ0n) is 19.3. The Hall–Kier alpha value is -1.76. The third-order valence-electron chi connectivity index (χ3n) is 5.25. The van der Waals surface area contributed by atoms with Crippen LogP contribution >= 0.6 is 0 Å². The Morgan fingerprint density at radius 1 is 1.00 bits per heavy atom. The first-order valence-corrected chi connectivity index (χ1v) is 10.5. The maximum absolute atomic E-state index is 13.0. The SMILES string of the molecule is C[C@@H](COCc1ccccc1)[C@H](O)[C@@H](C)C(=O)C(C)(C)[C@@H](O)CC(=O)OC(C)(C)C. The van der Waals surface area contributed by atoms with Gasteiger partial charge in [-0.3, -0.25) is 9.59 Å². The summed E-state index contributed by atoms with van der Waals surface area (Å²) in [6.07, 6.45) is -2.42. The van der Waals surface area contributed by atoms with E-state index >= 15 is 0 Å². The highest BCUT2D eigenvalue weighted by atomic mass is 16.6. The second kappa shape index (κ2) is 11.0. The van der Waals surface area contributed by atoms with Crippen LogP contribution < -0.4 is 0 Å². The minimum atomic E-state index is -1.21. The Bertz CT molecular complexity index is 677. The lowest BCUT2D eigenvalue weighted by atomic mass is 9.73. The number of aliphatic hydroxyl groups is 2. The molecule has 0 fully saturated rings. The van der Waals surface area contributed by atoms with E-state index in [1.54, 1.807) is 41.5 Å². The van der Waals surface area contributed by atoms with Gasteiger partial charge in [-0.05, 0) is 26.3 Å². The molecule has 0 unspecified atom stereocenters. The maximum Gasteiger partial charge on any atom is 0.308 e. The van der Waals surface area contributed by atoms with E-state index in [2.05, 4.69) is 0 Å². The van der Waals surface area contributed by atoms with Crippen LogP contribution in [0.2, 0.25) is 0 Å². The molecule has 0 heterocycles. The van der Waals surface area contributed by atoms with E-state index in [9.17, 15) is 19.8 Å². The molecule has 0 bridgehead atoms. The monoisotopic (exact) mass is 422 g/mol. The normalized spacial score (nSPS) is 16.4. The zero-order valence-corrected chi connectivity index (χ0v) is 19.3. The van der Waals surface area contributed by atoms with Crippen LogP contribution in [0.15, 0.2) is 30.3 Å². The Morgan fingerprint density at radius 2 is 1.57 bits per heavy atom. The van der Waals surface area contributed by atoms with Crippen molar-refractivity contribution in [2.24, 2.45) is 17.3 Å². The molecule has 0 amide bonds. The molecule has 0 saturated heterocycles. The van der Waals surface area contributed by atoms with Crippen molar-refractivity contribution < 1.29 is 29.3 Å². The number of ketones is 1. The first kappa shape index (κ1) is 26.3. The fourth-order valence-electron chi connectivity index (χ4n) is 3.23. The molecule has 1 aromatic carbocycles. The summed E-state index contributed by atoms with van der Waals surface area (Å²) < 4.78 is 10.9. The summed E-state index contributed by atoms with van der Waals surface area (Å²) in [6.45, 7) is 12.6. The molecule has 4 atom stereocenters. The van der Waals surface area contributed by atoms with Gasteiger partial charge in [0, 0.05) is 11.8 Å². The molecule has 2 N–H and O–H groups in total. The van der Waals surface area contributed by atoms with Crippen molar-refractivity contribution in [2.75, 3.05) is 6.61 Å². The van der Waals surface area contributed by atoms with Crippen LogP contribution in [0.4, 0.5) is 0 Å². The number of Topliss-reactive ketones (excluding diaryl/α,β-unsaturated/α-hetero) is 1. The summed E-state index contributed by atoms with van der Waals surface area (Å²) in [7, 11) is 0. The predicted octanol–water partition coefficient (Wildman–Crippen LogP) is 3.52. The number of carbonyl (C=O) groups is 2. The average molecular weight is 423 g/mol. The minimum Gasteiger partial charge on any atom is -0.460 e. The summed E-state index contributed by atoms with van der Waals surface area (Å²) in [5, 5.41) is 21.2. The summed E-state index contributed by atoms with van der Waals surface area (Å²) in [5.74, 6) is -1.86. The molecule has 170 valence electrons. The molecule has 6 heteroatoms. The number of carbonyl (C=O) groups excluding carboxylic acids is 2. The van der Waals surface area contributed by atoms with Crippen LogP contribution in [0.1, 0.15) is 60.5 Å². The zero-order chi connectivity index (χ0) is 23.1. The van der Waals surface area contributed by atoms with Gasteiger partial charge in [0.15, 0.2) is 0 Å². The van der Waals surface area contributed by atoms with Crippen molar-refractivity contribution in [3.05, 3.63) is 35.9 Å². The van der Waals surface area contributed by atoms with E-state index in [1.165, 1.54) is 0 Å². The molecule has 30 heavy (non-hydrogen) atoms. The average Bonchev–Trinajstić information content (AvgIpc) is 2.65. The Labute approximate surface area is 180 Å². The Balaban J connectivity index is 2.62. The molecular weight excluding hydrogens is 384 g/mol. The molecule has 0 saturated carbocycles. The van der Waals surface area contributed by atoms with E-state index < -0.39 is 35.1 Å². The smallest absolute Gasteiger partial charge is 0.308 e. The van der Waals surface area contributed by atoms with E-state index in [4.69, 9.17) is 9.47 Å². The van der Waals surface area contributed by atoms with Crippen LogP contribution in [0.5, 0.6) is 0 Å². The lowest BCUT2D eigenvalue weighted by molar-refractivity contribution is -0.160. The van der Waals surface area contributed by atoms with Gasteiger partial charge >= 0.3 is 5.97 Å². The standard InChI is InChI=1S/C24H38O6/c1-16(14-29-15-18-11-9-8-10-12-18)21(27)17(2)22(28)24(6,7)19(25)13-20(26)30-23(3,4)5/h8-12,16-17,19,21,25,27H,13-15H2,1-7H3/t16-,17+,19-,21-/m0/s1. The molecule has 0 aromatic heterocycles. The van der Waals surface area contributed by atoms with Crippen molar-refractivity contribution in [2.45, 2.75) is 79.3 Å². The molecule has 6 nitrogen and oxygen atoms in total. The second-order valence-electron chi connectivity index (χ2n) is 9.65. The van der Waals surface area contributed by atoms with Gasteiger partial charge in [0.05, 0.1) is 37.3 Å². The van der Waals surface area contributed by atoms with Gasteiger partial charge < -0.3 is 19.7 Å². The van der Waals surface area contributed by atoms with Crippen molar-refractivity contribution in [1.82, 2.24) is 0 Å². The first-order chi connectivity index (χ1) is 13.8. The number of esters is 1. The van der Waals surface area contributed by atoms with E-state index in [1.807, 2.05) is 37.3 Å². The lowest BCUT2D eigenvalue weighted by Gasteiger charge is -2.34. The van der Waals surface area contributed by atoms with Gasteiger partial charge in [0.2, 0.25) is 0 Å². The molecule has 1 aromatic rings. The van der Waals surface area contributed by atoms with E-state index in [0.717, 1.165) is 5.56 Å². The second-order valence-corrected chi connectivity index (χ2v) is 9.65. The van der Waals surface area contributed by atoms with Crippen LogP contribution in [0.3, 0.4) is 0 Å². The highest BCUT2D eigenvalue weighted by Crippen LogP contribution is 2.31. The van der Waals surface area contributed by atoms with Crippen LogP contribution in [0.25, 0.3) is 0 Å². The highest BCUT2D eigenvalue weighted by molar-refractivity contribution is 5.87. The van der Waals surface area contributed by atoms with Crippen molar-refractivity contribution in [3.8, 4) is 0 Å². The lowest BCUT2D eigenvalue weighted by Crippen LogP contribution is -2.46. The highest BCUT2D eigenvalue weighted by Gasteiger charge is 2.42. The van der Waals surface area contributed by atoms with E-state index in [0.29, 0.717) is 13.2 Å². The Morgan fingerprint density at radius 3 is 2.10 bits per heavy atom. The van der Waals surface area contributed by atoms with Crippen LogP contribution in [0, 0.1) is 17.3 Å². The van der Waals surface area contributed by atoms with Crippen LogP contribution in [-0.2, 0) is 25.7 Å². The van der Waals surface area contributed by atoms with Gasteiger partial charge in [-0.15, -0.1) is 0 Å². The van der Waals surface area contributed by atoms with Crippen molar-refractivity contribution in [3.63, 3.8) is 0 Å². The maximum atomic E-state index is 13.0. The van der Waals surface area contributed by atoms with Gasteiger partial charge in [0.25, 0.3) is 0 Å². The molecular formula is C24H38O6. The molecule has 0 aliphatic rings. The number of hydrogen-bond donors (Lipinski definition) is 2. The number of benzene rings is 1. The number of rotatable bonds is 11. The van der Waals surface area contributed by atoms with Crippen molar-refractivity contribution >= 4 is 11.8 Å². The third kappa shape index (κ3) is 8.17. The molecule has 0 aliphatic heterocycles. The van der Waals surface area contributed by atoms with E-state index in [-0.39, 0.29) is 18.1 Å². The topological polar surface area (TPSA) is 93.1 Å². The number of aliphatic hydroxyl groups excluding tert-OH is 2. The summed E-state index contributed by atoms with van der Waals surface area (Å²) >= 11 is 0. The minimum absolute atomic E-state index is 0.272. The van der Waals surface area contributed by atoms with Crippen LogP contribution in [-0.4, -0.2) is 46.4 Å². The Kier molecular flexibility index (Phi) is 9.66. The van der Waals surface area contributed by atoms with Gasteiger partial charge in [0.1, 0.15) is 11.4 Å². The van der Waals surface area contributed by atoms with Crippen molar-refractivity contribution in [1.29, 1.82) is 0 Å². The first-order valence-electron chi connectivity index (χ1n) is 10.5. The largest absolute Gasteiger partial charge is 0.460 e. The van der Waals surface area contributed by atoms with Gasteiger partial charge in [-0.25, -0.2) is 0 Å². The van der Waals surface area contributed by atoms with Gasteiger partial charge in [-0.1, -0.05) is 58.0 Å². The quantitative estimate of drug-likeness (QED) is 0.530. The molecule has 0 radical (unpaired) electrons. The molecule has 0 aliphatic carbocycles. The fourth-order valence-corrected chi connectivity index (χ4v) is 3.23. The summed E-state index contributed by atoms with van der Waals surface area (Å²) in [6, 6.07) is 9.72. The summed E-state index contributed by atoms with van der Waals surface area (Å²) in [5.41, 5.74) is -0.833. The fraction of sp³-hybridized carbons (Fsp3) is 0.667. The predicted molar refractivity (Wildman–Crippen MR) is 116 cm³/mol. The molecule has 1 rings (SSSR count). The third-order valence-corrected chi connectivity index (χ3v) is 5.25. The summed E-state index contributed by atoms with van der Waals surface area (Å²) in [4.78, 5) is 25.0. The number of ether oxygens (including phenoxy) is 2. The molecule has 0 spiro atoms.